The maximum atomic E-state index is 7.12. The molecule has 1 heterocycles. The molecule has 0 radical (unpaired) electrons. The van der Waals surface area contributed by atoms with Crippen molar-refractivity contribution in [2.45, 2.75) is 0 Å². The lowest BCUT2D eigenvalue weighted by Crippen LogP contribution is -1.99. The van der Waals surface area contributed by atoms with E-state index in [4.69, 9.17) is 33.2 Å². The highest BCUT2D eigenvalue weighted by Crippen LogP contribution is 2.43. The summed E-state index contributed by atoms with van der Waals surface area (Å²) in [5.74, 6) is 0. The molecule has 6 heteroatoms. The first-order chi connectivity index (χ1) is 5.20. The summed E-state index contributed by atoms with van der Waals surface area (Å²) in [4.78, 5) is 3.84. The van der Waals surface area contributed by atoms with Crippen LogP contribution in [0.3, 0.4) is 0 Å². The summed E-state index contributed by atoms with van der Waals surface area (Å²) < 4.78 is 0. The third-order valence-electron chi connectivity index (χ3n) is 1.18. The molecule has 2 rings (SSSR count). The average Bonchev–Trinajstić information content (AvgIpc) is 1.86. The monoisotopic (exact) mass is 191 g/mol. The van der Waals surface area contributed by atoms with Crippen LogP contribution in [0.25, 0.3) is 11.3 Å². The van der Waals surface area contributed by atoms with E-state index in [9.17, 15) is 0 Å². The number of hydrogen-bond acceptors (Lipinski definition) is 3. The molecule has 0 bridgehead atoms. The summed E-state index contributed by atoms with van der Waals surface area (Å²) in [6.45, 7) is 0. The lowest BCUT2D eigenvalue weighted by atomic mass is 10.1. The molecule has 58 valence electrons. The number of aromatic nitrogens is 1. The van der Waals surface area contributed by atoms with Gasteiger partial charge in [0.1, 0.15) is 5.15 Å². The SMILES string of the molecule is Clc1cc2nc(Cl)c1-2.OBO. The molecule has 0 fully saturated rings. The standard InChI is InChI=1S/C5HCl2N.BH3O2/c6-2-1-3-4(2)5(7)8-3;2-1-3/h1H;1-3H. The van der Waals surface area contributed by atoms with Gasteiger partial charge in [0.25, 0.3) is 0 Å². The van der Waals surface area contributed by atoms with Crippen LogP contribution in [0.2, 0.25) is 10.2 Å². The van der Waals surface area contributed by atoms with Crippen LogP contribution in [0.15, 0.2) is 6.07 Å². The van der Waals surface area contributed by atoms with Gasteiger partial charge in [0, 0.05) is 0 Å². The summed E-state index contributed by atoms with van der Waals surface area (Å²) in [5, 5.41) is 15.5. The molecule has 0 aromatic rings. The van der Waals surface area contributed by atoms with Gasteiger partial charge in [-0.05, 0) is 6.07 Å². The van der Waals surface area contributed by atoms with Gasteiger partial charge in [0.2, 0.25) is 0 Å². The van der Waals surface area contributed by atoms with Crippen LogP contribution < -0.4 is 0 Å². The molecule has 2 aliphatic rings. The maximum Gasteiger partial charge on any atom is 0.432 e. The third-order valence-corrected chi connectivity index (χ3v) is 1.75. The average molecular weight is 192 g/mol. The molecule has 0 amide bonds. The van der Waals surface area contributed by atoms with Crippen LogP contribution in [-0.2, 0) is 0 Å². The Labute approximate surface area is 73.9 Å². The van der Waals surface area contributed by atoms with E-state index >= 15 is 0 Å². The van der Waals surface area contributed by atoms with Crippen molar-refractivity contribution < 1.29 is 10.0 Å². The number of hydrogen-bond donors (Lipinski definition) is 2. The van der Waals surface area contributed by atoms with Crippen molar-refractivity contribution in [3.8, 4) is 11.3 Å². The Morgan fingerprint density at radius 3 is 2.09 bits per heavy atom. The Bertz CT molecular complexity index is 258. The molecule has 0 spiro atoms. The van der Waals surface area contributed by atoms with E-state index in [-0.39, 0.29) is 0 Å². The van der Waals surface area contributed by atoms with Gasteiger partial charge in [-0.1, -0.05) is 23.2 Å². The zero-order chi connectivity index (χ0) is 8.43. The van der Waals surface area contributed by atoms with Crippen LogP contribution in [0, 0.1) is 0 Å². The van der Waals surface area contributed by atoms with E-state index in [0.29, 0.717) is 5.15 Å². The quantitative estimate of drug-likeness (QED) is 0.474. The Hall–Kier alpha value is -0.285. The van der Waals surface area contributed by atoms with Gasteiger partial charge in [0.05, 0.1) is 16.3 Å². The summed E-state index contributed by atoms with van der Waals surface area (Å²) in [6.07, 6.45) is 0. The first-order valence-corrected chi connectivity index (χ1v) is 3.54. The summed E-state index contributed by atoms with van der Waals surface area (Å²) in [6, 6.07) is 1.79. The topological polar surface area (TPSA) is 53.4 Å². The highest BCUT2D eigenvalue weighted by molar-refractivity contribution is 6.41. The van der Waals surface area contributed by atoms with Gasteiger partial charge < -0.3 is 10.0 Å². The predicted molar refractivity (Wildman–Crippen MR) is 44.8 cm³/mol. The zero-order valence-corrected chi connectivity index (χ0v) is 6.89. The number of halogens is 2. The Balaban J connectivity index is 0.000000179. The lowest BCUT2D eigenvalue weighted by molar-refractivity contribution is 0.448. The molecular formula is C5H4BCl2NO2. The van der Waals surface area contributed by atoms with Crippen molar-refractivity contribution in [1.29, 1.82) is 0 Å². The smallest absolute Gasteiger partial charge is 0.430 e. The van der Waals surface area contributed by atoms with Crippen molar-refractivity contribution in [3.05, 3.63) is 16.2 Å². The molecule has 11 heavy (non-hydrogen) atoms. The Morgan fingerprint density at radius 2 is 1.91 bits per heavy atom. The second-order valence-corrected chi connectivity index (χ2v) is 2.56. The van der Waals surface area contributed by atoms with Gasteiger partial charge in [-0.3, -0.25) is 0 Å². The molecule has 3 nitrogen and oxygen atoms in total. The van der Waals surface area contributed by atoms with Crippen molar-refractivity contribution in [2.24, 2.45) is 0 Å². The fourth-order valence-electron chi connectivity index (χ4n) is 0.710. The van der Waals surface area contributed by atoms with Crippen LogP contribution in [0.4, 0.5) is 0 Å². The Morgan fingerprint density at radius 1 is 1.36 bits per heavy atom. The molecule has 0 atom stereocenters. The van der Waals surface area contributed by atoms with Crippen molar-refractivity contribution in [1.82, 2.24) is 4.98 Å². The third kappa shape index (κ3) is 1.49. The summed E-state index contributed by atoms with van der Waals surface area (Å²) in [7, 11) is -0.750. The number of fused-ring (bicyclic) bond motifs is 1. The number of rotatable bonds is 0. The second kappa shape index (κ2) is 3.41. The molecular weight excluding hydrogens is 188 g/mol. The van der Waals surface area contributed by atoms with Gasteiger partial charge in [-0.2, -0.15) is 0 Å². The minimum atomic E-state index is -0.750. The molecule has 0 unspecified atom stereocenters. The second-order valence-electron chi connectivity index (χ2n) is 1.80. The minimum Gasteiger partial charge on any atom is -0.430 e. The van der Waals surface area contributed by atoms with Crippen LogP contribution in [0.1, 0.15) is 0 Å². The number of pyridine rings is 1. The number of nitrogens with zero attached hydrogens (tertiary/aromatic N) is 1. The normalized spacial score (nSPS) is 9.82. The molecule has 0 saturated carbocycles. The van der Waals surface area contributed by atoms with Gasteiger partial charge in [-0.25, -0.2) is 4.98 Å². The molecule has 1 aliphatic carbocycles. The van der Waals surface area contributed by atoms with E-state index < -0.39 is 7.69 Å². The van der Waals surface area contributed by atoms with E-state index in [2.05, 4.69) is 4.98 Å². The van der Waals surface area contributed by atoms with E-state index in [1.54, 1.807) is 6.07 Å². The molecule has 1 aliphatic heterocycles. The highest BCUT2D eigenvalue weighted by atomic mass is 35.5. The zero-order valence-electron chi connectivity index (χ0n) is 5.38. The van der Waals surface area contributed by atoms with Gasteiger partial charge in [-0.15, -0.1) is 0 Å². The fraction of sp³-hybridized carbons (Fsp3) is 0. The maximum absolute atomic E-state index is 7.12. The predicted octanol–water partition coefficient (Wildman–Crippen LogP) is 0.606. The molecule has 0 aromatic heterocycles. The van der Waals surface area contributed by atoms with Crippen LogP contribution in [-0.4, -0.2) is 22.7 Å². The van der Waals surface area contributed by atoms with Crippen LogP contribution in [0.5, 0.6) is 0 Å². The fourth-order valence-corrected chi connectivity index (χ4v) is 1.34. The van der Waals surface area contributed by atoms with Gasteiger partial charge in [0.15, 0.2) is 0 Å². The lowest BCUT2D eigenvalue weighted by Gasteiger charge is -2.16. The minimum absolute atomic E-state index is 0.549. The summed E-state index contributed by atoms with van der Waals surface area (Å²) >= 11 is 11.1. The van der Waals surface area contributed by atoms with E-state index in [1.807, 2.05) is 0 Å². The van der Waals surface area contributed by atoms with Gasteiger partial charge >= 0.3 is 7.69 Å². The molecule has 2 N–H and O–H groups in total. The largest absolute Gasteiger partial charge is 0.432 e. The van der Waals surface area contributed by atoms with Crippen molar-refractivity contribution >= 4 is 30.9 Å². The first kappa shape index (κ1) is 8.81. The first-order valence-electron chi connectivity index (χ1n) is 2.78. The van der Waals surface area contributed by atoms with Crippen molar-refractivity contribution in [2.75, 3.05) is 0 Å². The van der Waals surface area contributed by atoms with E-state index in [1.165, 1.54) is 0 Å². The van der Waals surface area contributed by atoms with Crippen molar-refractivity contribution in [3.63, 3.8) is 0 Å². The Kier molecular flexibility index (Phi) is 2.73. The molecule has 0 saturated heterocycles. The van der Waals surface area contributed by atoms with E-state index in [0.717, 1.165) is 16.3 Å². The molecule has 0 aromatic carbocycles. The highest BCUT2D eigenvalue weighted by Gasteiger charge is 2.23. The van der Waals surface area contributed by atoms with Crippen LogP contribution >= 0.6 is 23.2 Å². The summed E-state index contributed by atoms with van der Waals surface area (Å²) in [5.41, 5.74) is 1.88.